The van der Waals surface area contributed by atoms with E-state index in [-0.39, 0.29) is 11.9 Å². The standard InChI is InChI=1S/C13H25NO2/c1-11(2)8-14-9-12-10-15-13(16-12)6-4-3-5-7-13/h11-12,14H,3-10H2,1-2H3/t12-/m1/s1. The first-order valence-electron chi connectivity index (χ1n) is 6.73. The fourth-order valence-corrected chi connectivity index (χ4v) is 2.60. The highest BCUT2D eigenvalue weighted by Crippen LogP contribution is 2.37. The third-order valence-electron chi connectivity index (χ3n) is 3.45. The second-order valence-electron chi connectivity index (χ2n) is 5.57. The smallest absolute Gasteiger partial charge is 0.168 e. The van der Waals surface area contributed by atoms with Crippen LogP contribution in [0.1, 0.15) is 46.0 Å². The van der Waals surface area contributed by atoms with Gasteiger partial charge in [-0.1, -0.05) is 20.3 Å². The van der Waals surface area contributed by atoms with E-state index in [4.69, 9.17) is 9.47 Å². The largest absolute Gasteiger partial charge is 0.347 e. The minimum atomic E-state index is -0.206. The van der Waals surface area contributed by atoms with Crippen LogP contribution >= 0.6 is 0 Å². The second-order valence-corrected chi connectivity index (χ2v) is 5.57. The normalized spacial score (nSPS) is 29.1. The quantitative estimate of drug-likeness (QED) is 0.799. The number of hydrogen-bond donors (Lipinski definition) is 1. The number of rotatable bonds is 4. The number of hydrogen-bond acceptors (Lipinski definition) is 3. The van der Waals surface area contributed by atoms with Gasteiger partial charge in [0.15, 0.2) is 5.79 Å². The van der Waals surface area contributed by atoms with Gasteiger partial charge in [-0.15, -0.1) is 0 Å². The molecule has 1 saturated carbocycles. The fraction of sp³-hybridized carbons (Fsp3) is 1.00. The maximum atomic E-state index is 6.09. The lowest BCUT2D eigenvalue weighted by molar-refractivity contribution is -0.186. The van der Waals surface area contributed by atoms with Crippen molar-refractivity contribution in [2.24, 2.45) is 5.92 Å². The molecule has 0 unspecified atom stereocenters. The molecule has 2 rings (SSSR count). The lowest BCUT2D eigenvalue weighted by atomic mass is 9.94. The minimum absolute atomic E-state index is 0.206. The fourth-order valence-electron chi connectivity index (χ4n) is 2.60. The molecule has 0 aromatic rings. The summed E-state index contributed by atoms with van der Waals surface area (Å²) in [5.41, 5.74) is 0. The van der Waals surface area contributed by atoms with Crippen LogP contribution in [0.15, 0.2) is 0 Å². The average molecular weight is 227 g/mol. The molecule has 2 aliphatic rings. The van der Waals surface area contributed by atoms with E-state index in [9.17, 15) is 0 Å². The van der Waals surface area contributed by atoms with Crippen LogP contribution in [0.2, 0.25) is 0 Å². The van der Waals surface area contributed by atoms with Crippen molar-refractivity contribution >= 4 is 0 Å². The summed E-state index contributed by atoms with van der Waals surface area (Å²) in [6, 6.07) is 0. The molecule has 1 spiro atoms. The molecular weight excluding hydrogens is 202 g/mol. The first-order chi connectivity index (χ1) is 7.70. The highest BCUT2D eigenvalue weighted by Gasteiger charge is 2.41. The monoisotopic (exact) mass is 227 g/mol. The van der Waals surface area contributed by atoms with Gasteiger partial charge in [-0.05, 0) is 25.3 Å². The predicted octanol–water partition coefficient (Wildman–Crippen LogP) is 2.31. The molecule has 1 aliphatic heterocycles. The van der Waals surface area contributed by atoms with Crippen molar-refractivity contribution in [2.75, 3.05) is 19.7 Å². The lowest BCUT2D eigenvalue weighted by Crippen LogP contribution is -2.36. The number of nitrogens with one attached hydrogen (secondary N) is 1. The van der Waals surface area contributed by atoms with E-state index < -0.39 is 0 Å². The van der Waals surface area contributed by atoms with E-state index in [0.29, 0.717) is 5.92 Å². The Morgan fingerprint density at radius 1 is 1.25 bits per heavy atom. The first-order valence-corrected chi connectivity index (χ1v) is 6.73. The van der Waals surface area contributed by atoms with E-state index in [1.54, 1.807) is 0 Å². The molecule has 1 N–H and O–H groups in total. The Balaban J connectivity index is 1.70. The first kappa shape index (κ1) is 12.3. The molecule has 94 valence electrons. The third-order valence-corrected chi connectivity index (χ3v) is 3.45. The maximum Gasteiger partial charge on any atom is 0.168 e. The molecule has 1 atom stereocenters. The summed E-state index contributed by atoms with van der Waals surface area (Å²) in [6.45, 7) is 7.21. The Bertz CT molecular complexity index is 212. The van der Waals surface area contributed by atoms with Crippen LogP contribution in [0.3, 0.4) is 0 Å². The molecule has 3 heteroatoms. The van der Waals surface area contributed by atoms with Gasteiger partial charge >= 0.3 is 0 Å². The Morgan fingerprint density at radius 2 is 2.00 bits per heavy atom. The summed E-state index contributed by atoms with van der Waals surface area (Å²) in [4.78, 5) is 0. The molecule has 1 saturated heterocycles. The van der Waals surface area contributed by atoms with Crippen LogP contribution in [0, 0.1) is 5.92 Å². The van der Waals surface area contributed by atoms with E-state index in [2.05, 4.69) is 19.2 Å². The summed E-state index contributed by atoms with van der Waals surface area (Å²) in [7, 11) is 0. The van der Waals surface area contributed by atoms with E-state index in [1.807, 2.05) is 0 Å². The van der Waals surface area contributed by atoms with Crippen LogP contribution in [-0.4, -0.2) is 31.6 Å². The predicted molar refractivity (Wildman–Crippen MR) is 64.3 cm³/mol. The average Bonchev–Trinajstić information content (AvgIpc) is 2.62. The molecule has 0 bridgehead atoms. The molecule has 0 aromatic heterocycles. The second kappa shape index (κ2) is 5.48. The molecule has 3 nitrogen and oxygen atoms in total. The molecule has 0 radical (unpaired) electrons. The van der Waals surface area contributed by atoms with Gasteiger partial charge in [0.1, 0.15) is 0 Å². The molecular formula is C13H25NO2. The summed E-state index contributed by atoms with van der Waals surface area (Å²) < 4.78 is 12.0. The minimum Gasteiger partial charge on any atom is -0.347 e. The van der Waals surface area contributed by atoms with Crippen molar-refractivity contribution in [1.29, 1.82) is 0 Å². The molecule has 0 aromatic carbocycles. The Morgan fingerprint density at radius 3 is 2.69 bits per heavy atom. The Labute approximate surface area is 98.9 Å². The molecule has 2 fully saturated rings. The summed E-state index contributed by atoms with van der Waals surface area (Å²) >= 11 is 0. The zero-order chi connectivity index (χ0) is 11.4. The summed E-state index contributed by atoms with van der Waals surface area (Å²) in [6.07, 6.45) is 6.29. The highest BCUT2D eigenvalue weighted by molar-refractivity contribution is 4.83. The van der Waals surface area contributed by atoms with Gasteiger partial charge < -0.3 is 14.8 Å². The SMILES string of the molecule is CC(C)CNC[C@@H]1COC2(CCCCC2)O1. The van der Waals surface area contributed by atoms with Crippen LogP contribution in [0.4, 0.5) is 0 Å². The highest BCUT2D eigenvalue weighted by atomic mass is 16.7. The van der Waals surface area contributed by atoms with E-state index in [1.165, 1.54) is 19.3 Å². The van der Waals surface area contributed by atoms with Gasteiger partial charge in [0, 0.05) is 19.4 Å². The van der Waals surface area contributed by atoms with Gasteiger partial charge in [0.05, 0.1) is 12.7 Å². The molecule has 1 aliphatic carbocycles. The van der Waals surface area contributed by atoms with Crippen molar-refractivity contribution < 1.29 is 9.47 Å². The van der Waals surface area contributed by atoms with Gasteiger partial charge in [-0.3, -0.25) is 0 Å². The zero-order valence-electron chi connectivity index (χ0n) is 10.6. The van der Waals surface area contributed by atoms with Gasteiger partial charge in [0.25, 0.3) is 0 Å². The topological polar surface area (TPSA) is 30.5 Å². The van der Waals surface area contributed by atoms with Crippen molar-refractivity contribution in [3.05, 3.63) is 0 Å². The Hall–Kier alpha value is -0.120. The van der Waals surface area contributed by atoms with E-state index in [0.717, 1.165) is 32.5 Å². The lowest BCUT2D eigenvalue weighted by Gasteiger charge is -2.31. The molecule has 0 amide bonds. The Kier molecular flexibility index (Phi) is 4.22. The van der Waals surface area contributed by atoms with Crippen LogP contribution in [0.25, 0.3) is 0 Å². The zero-order valence-corrected chi connectivity index (χ0v) is 10.6. The van der Waals surface area contributed by atoms with Crippen molar-refractivity contribution in [2.45, 2.75) is 57.8 Å². The van der Waals surface area contributed by atoms with Crippen LogP contribution in [0.5, 0.6) is 0 Å². The molecule has 1 heterocycles. The van der Waals surface area contributed by atoms with Gasteiger partial charge in [-0.2, -0.15) is 0 Å². The van der Waals surface area contributed by atoms with Crippen molar-refractivity contribution in [3.8, 4) is 0 Å². The number of ether oxygens (including phenoxy) is 2. The summed E-state index contributed by atoms with van der Waals surface area (Å²) in [5, 5.41) is 3.44. The van der Waals surface area contributed by atoms with E-state index >= 15 is 0 Å². The van der Waals surface area contributed by atoms with Crippen molar-refractivity contribution in [3.63, 3.8) is 0 Å². The van der Waals surface area contributed by atoms with Crippen LogP contribution < -0.4 is 5.32 Å². The van der Waals surface area contributed by atoms with Crippen molar-refractivity contribution in [1.82, 2.24) is 5.32 Å². The third kappa shape index (κ3) is 3.19. The van der Waals surface area contributed by atoms with Gasteiger partial charge in [0.2, 0.25) is 0 Å². The van der Waals surface area contributed by atoms with Crippen LogP contribution in [-0.2, 0) is 9.47 Å². The molecule has 16 heavy (non-hydrogen) atoms. The van der Waals surface area contributed by atoms with Gasteiger partial charge in [-0.25, -0.2) is 0 Å². The maximum absolute atomic E-state index is 6.09. The summed E-state index contributed by atoms with van der Waals surface area (Å²) in [5.74, 6) is 0.494.